The van der Waals surface area contributed by atoms with E-state index in [0.29, 0.717) is 31.0 Å². The van der Waals surface area contributed by atoms with E-state index in [4.69, 9.17) is 4.74 Å². The van der Waals surface area contributed by atoms with E-state index < -0.39 is 5.97 Å². The molecule has 1 aromatic heterocycles. The minimum Gasteiger partial charge on any atom is -0.478 e. The smallest absolute Gasteiger partial charge is 0.339 e. The van der Waals surface area contributed by atoms with E-state index in [-0.39, 0.29) is 11.6 Å². The molecule has 5 nitrogen and oxygen atoms in total. The van der Waals surface area contributed by atoms with Crippen LogP contribution in [0.3, 0.4) is 0 Å². The Balaban J connectivity index is 2.18. The molecule has 1 aliphatic heterocycles. The van der Waals surface area contributed by atoms with E-state index in [9.17, 15) is 9.90 Å². The van der Waals surface area contributed by atoms with Gasteiger partial charge in [-0.05, 0) is 37.5 Å². The number of nitrogens with one attached hydrogen (secondary N) is 1. The average molecular weight is 379 g/mol. The molecule has 1 saturated heterocycles. The summed E-state index contributed by atoms with van der Waals surface area (Å²) < 4.78 is 6.30. The van der Waals surface area contributed by atoms with Crippen LogP contribution in [-0.2, 0) is 11.2 Å². The minimum absolute atomic E-state index is 0.219. The molecule has 0 amide bonds. The third kappa shape index (κ3) is 3.33. The number of nitrogens with zero attached hydrogens (tertiary/aromatic N) is 1. The maximum atomic E-state index is 11.9. The SMILES string of the molecule is CCc1nc2ccc(Br)cc2c(NC2CCOCC2)c1C(=O)O. The van der Waals surface area contributed by atoms with Crippen LogP contribution in [0.1, 0.15) is 35.8 Å². The Hall–Kier alpha value is -1.66. The summed E-state index contributed by atoms with van der Waals surface area (Å²) in [6.07, 6.45) is 2.33. The van der Waals surface area contributed by atoms with Crippen LogP contribution in [0.25, 0.3) is 10.9 Å². The van der Waals surface area contributed by atoms with Crippen LogP contribution in [0.15, 0.2) is 22.7 Å². The molecule has 0 bridgehead atoms. The molecule has 2 heterocycles. The number of carbonyl (C=O) groups is 1. The number of aryl methyl sites for hydroxylation is 1. The third-order valence-corrected chi connectivity index (χ3v) is 4.63. The lowest BCUT2D eigenvalue weighted by Crippen LogP contribution is -2.29. The second-order valence-electron chi connectivity index (χ2n) is 5.66. The van der Waals surface area contributed by atoms with Crippen LogP contribution in [0.4, 0.5) is 5.69 Å². The van der Waals surface area contributed by atoms with Crippen molar-refractivity contribution in [3.05, 3.63) is 33.9 Å². The van der Waals surface area contributed by atoms with Crippen molar-refractivity contribution in [1.29, 1.82) is 0 Å². The lowest BCUT2D eigenvalue weighted by molar-refractivity contribution is 0.0696. The lowest BCUT2D eigenvalue weighted by Gasteiger charge is -2.26. The second-order valence-corrected chi connectivity index (χ2v) is 6.58. The van der Waals surface area contributed by atoms with Gasteiger partial charge < -0.3 is 15.2 Å². The highest BCUT2D eigenvalue weighted by Gasteiger charge is 2.23. The van der Waals surface area contributed by atoms with E-state index in [1.165, 1.54) is 0 Å². The standard InChI is InChI=1S/C17H19BrN2O3/c1-2-13-15(17(21)22)16(19-11-5-7-23-8-6-11)12-9-10(18)3-4-14(12)20-13/h3-4,9,11H,2,5-8H2,1H3,(H,19,20)(H,21,22). The Labute approximate surface area is 143 Å². The van der Waals surface area contributed by atoms with Crippen LogP contribution in [-0.4, -0.2) is 35.3 Å². The molecule has 0 saturated carbocycles. The van der Waals surface area contributed by atoms with E-state index in [1.54, 1.807) is 0 Å². The number of hydrogen-bond donors (Lipinski definition) is 2. The van der Waals surface area contributed by atoms with Crippen molar-refractivity contribution in [2.75, 3.05) is 18.5 Å². The molecule has 1 aromatic carbocycles. The van der Waals surface area contributed by atoms with Crippen molar-refractivity contribution < 1.29 is 14.6 Å². The van der Waals surface area contributed by atoms with Gasteiger partial charge in [-0.25, -0.2) is 4.79 Å². The van der Waals surface area contributed by atoms with Gasteiger partial charge in [0, 0.05) is 29.1 Å². The first-order chi connectivity index (χ1) is 11.1. The van der Waals surface area contributed by atoms with E-state index >= 15 is 0 Å². The number of aromatic nitrogens is 1. The van der Waals surface area contributed by atoms with Gasteiger partial charge in [-0.1, -0.05) is 22.9 Å². The number of aromatic carboxylic acids is 1. The van der Waals surface area contributed by atoms with Crippen molar-refractivity contribution in [3.8, 4) is 0 Å². The van der Waals surface area contributed by atoms with Crippen LogP contribution < -0.4 is 5.32 Å². The fraction of sp³-hybridized carbons (Fsp3) is 0.412. The van der Waals surface area contributed by atoms with Crippen LogP contribution >= 0.6 is 15.9 Å². The van der Waals surface area contributed by atoms with Crippen molar-refractivity contribution in [2.24, 2.45) is 0 Å². The number of carboxylic acids is 1. The third-order valence-electron chi connectivity index (χ3n) is 4.14. The Morgan fingerprint density at radius 3 is 2.83 bits per heavy atom. The molecule has 0 spiro atoms. The highest BCUT2D eigenvalue weighted by Crippen LogP contribution is 2.32. The largest absolute Gasteiger partial charge is 0.478 e. The highest BCUT2D eigenvalue weighted by molar-refractivity contribution is 9.10. The number of anilines is 1. The van der Waals surface area contributed by atoms with Gasteiger partial charge >= 0.3 is 5.97 Å². The number of rotatable bonds is 4. The van der Waals surface area contributed by atoms with Crippen LogP contribution in [0.2, 0.25) is 0 Å². The normalized spacial score (nSPS) is 15.7. The minimum atomic E-state index is -0.939. The summed E-state index contributed by atoms with van der Waals surface area (Å²) in [5.74, 6) is -0.939. The number of pyridine rings is 1. The van der Waals surface area contributed by atoms with Gasteiger partial charge in [-0.2, -0.15) is 0 Å². The zero-order valence-electron chi connectivity index (χ0n) is 12.9. The summed E-state index contributed by atoms with van der Waals surface area (Å²) in [5.41, 5.74) is 2.38. The first-order valence-corrected chi connectivity index (χ1v) is 8.59. The summed E-state index contributed by atoms with van der Waals surface area (Å²) in [6, 6.07) is 5.99. The predicted octanol–water partition coefficient (Wildman–Crippen LogP) is 3.85. The van der Waals surface area contributed by atoms with Gasteiger partial charge in [0.1, 0.15) is 5.56 Å². The van der Waals surface area contributed by atoms with E-state index in [2.05, 4.69) is 26.2 Å². The molecule has 6 heteroatoms. The maximum Gasteiger partial charge on any atom is 0.339 e. The Kier molecular flexibility index (Phi) is 4.82. The first-order valence-electron chi connectivity index (χ1n) is 7.80. The predicted molar refractivity (Wildman–Crippen MR) is 93.2 cm³/mol. The number of hydrogen-bond acceptors (Lipinski definition) is 4. The van der Waals surface area contributed by atoms with Gasteiger partial charge in [0.05, 0.1) is 16.9 Å². The summed E-state index contributed by atoms with van der Waals surface area (Å²) in [4.78, 5) is 16.4. The Morgan fingerprint density at radius 2 is 2.17 bits per heavy atom. The number of fused-ring (bicyclic) bond motifs is 1. The first kappa shape index (κ1) is 16.2. The summed E-state index contributed by atoms with van der Waals surface area (Å²) in [7, 11) is 0. The molecule has 3 rings (SSSR count). The van der Waals surface area contributed by atoms with Crippen LogP contribution in [0.5, 0.6) is 0 Å². The molecule has 0 atom stereocenters. The molecule has 1 fully saturated rings. The molecular weight excluding hydrogens is 360 g/mol. The molecule has 2 N–H and O–H groups in total. The van der Waals surface area contributed by atoms with Gasteiger partial charge in [-0.3, -0.25) is 4.98 Å². The Bertz CT molecular complexity index is 742. The van der Waals surface area contributed by atoms with E-state index in [0.717, 1.165) is 28.2 Å². The highest BCUT2D eigenvalue weighted by atomic mass is 79.9. The van der Waals surface area contributed by atoms with Gasteiger partial charge in [0.15, 0.2) is 0 Å². The maximum absolute atomic E-state index is 11.9. The number of carboxylic acid groups (broad SMARTS) is 1. The molecule has 122 valence electrons. The molecule has 1 aliphatic rings. The van der Waals surface area contributed by atoms with Gasteiger partial charge in [0.25, 0.3) is 0 Å². The number of benzene rings is 1. The number of ether oxygens (including phenoxy) is 1. The summed E-state index contributed by atoms with van der Waals surface area (Å²) >= 11 is 3.47. The Morgan fingerprint density at radius 1 is 1.43 bits per heavy atom. The lowest BCUT2D eigenvalue weighted by atomic mass is 10.0. The van der Waals surface area contributed by atoms with Crippen molar-refractivity contribution >= 4 is 38.5 Å². The zero-order valence-corrected chi connectivity index (χ0v) is 14.5. The molecule has 23 heavy (non-hydrogen) atoms. The summed E-state index contributed by atoms with van der Waals surface area (Å²) in [5, 5.41) is 14.0. The van der Waals surface area contributed by atoms with E-state index in [1.807, 2.05) is 25.1 Å². The molecule has 0 radical (unpaired) electrons. The topological polar surface area (TPSA) is 71.5 Å². The van der Waals surface area contributed by atoms with Gasteiger partial charge in [0.2, 0.25) is 0 Å². The van der Waals surface area contributed by atoms with Crippen LogP contribution in [0, 0.1) is 0 Å². The second kappa shape index (κ2) is 6.84. The monoisotopic (exact) mass is 378 g/mol. The summed E-state index contributed by atoms with van der Waals surface area (Å²) in [6.45, 7) is 3.33. The van der Waals surface area contributed by atoms with Gasteiger partial charge in [-0.15, -0.1) is 0 Å². The fourth-order valence-corrected chi connectivity index (χ4v) is 3.33. The molecular formula is C17H19BrN2O3. The fourth-order valence-electron chi connectivity index (χ4n) is 2.97. The number of halogens is 1. The molecule has 2 aromatic rings. The zero-order chi connectivity index (χ0) is 16.4. The van der Waals surface area contributed by atoms with Crippen molar-refractivity contribution in [2.45, 2.75) is 32.2 Å². The van der Waals surface area contributed by atoms with Crippen molar-refractivity contribution in [1.82, 2.24) is 4.98 Å². The average Bonchev–Trinajstić information content (AvgIpc) is 2.55. The van der Waals surface area contributed by atoms with Crippen molar-refractivity contribution in [3.63, 3.8) is 0 Å². The quantitative estimate of drug-likeness (QED) is 0.845. The molecule has 0 aliphatic carbocycles. The molecule has 0 unspecified atom stereocenters.